The monoisotopic (exact) mass is 400 g/mol. The summed E-state index contributed by atoms with van der Waals surface area (Å²) in [6.45, 7) is 2.14. The van der Waals surface area contributed by atoms with Crippen LogP contribution in [0.5, 0.6) is 0 Å². The summed E-state index contributed by atoms with van der Waals surface area (Å²) in [6.07, 6.45) is 0. The third-order valence-electron chi connectivity index (χ3n) is 2.82. The lowest BCUT2D eigenvalue weighted by Gasteiger charge is -2.03. The molecular weight excluding hydrogens is 392 g/mol. The molecule has 4 heteroatoms. The van der Waals surface area contributed by atoms with Crippen LogP contribution in [-0.4, -0.2) is 0 Å². The van der Waals surface area contributed by atoms with E-state index in [0.717, 1.165) is 0 Å². The molecule has 0 amide bonds. The van der Waals surface area contributed by atoms with E-state index < -0.39 is 0 Å². The summed E-state index contributed by atoms with van der Waals surface area (Å²) in [6, 6.07) is 13.0. The third-order valence-corrected chi connectivity index (χ3v) is 7.80. The second-order valence-corrected chi connectivity index (χ2v) is 8.28. The molecule has 0 aliphatic rings. The molecule has 2 aromatic heterocycles. The highest BCUT2D eigenvalue weighted by Crippen LogP contribution is 2.42. The molecule has 0 nitrogen and oxygen atoms in total. The molecule has 92 valence electrons. The number of hydrogen-bond acceptors (Lipinski definition) is 2. The molecule has 0 spiro atoms. The summed E-state index contributed by atoms with van der Waals surface area (Å²) in [4.78, 5) is 4.34. The van der Waals surface area contributed by atoms with Crippen molar-refractivity contribution >= 4 is 64.6 Å². The molecule has 1 unspecified atom stereocenters. The highest BCUT2D eigenvalue weighted by molar-refractivity contribution is 9.10. The molecule has 0 saturated heterocycles. The Balaban J connectivity index is 2.03. The highest BCUT2D eigenvalue weighted by atomic mass is 79.9. The van der Waals surface area contributed by atoms with Crippen LogP contribution in [0, 0.1) is 6.92 Å². The van der Waals surface area contributed by atoms with Gasteiger partial charge < -0.3 is 0 Å². The molecule has 1 aromatic carbocycles. The largest absolute Gasteiger partial charge is 0.143 e. The predicted molar refractivity (Wildman–Crippen MR) is 89.4 cm³/mol. The van der Waals surface area contributed by atoms with E-state index in [0.29, 0.717) is 4.83 Å². The summed E-state index contributed by atoms with van der Waals surface area (Å²) >= 11 is 11.1. The van der Waals surface area contributed by atoms with Gasteiger partial charge in [-0.05, 0) is 46.4 Å². The molecule has 3 aromatic rings. The molecule has 18 heavy (non-hydrogen) atoms. The summed E-state index contributed by atoms with van der Waals surface area (Å²) < 4.78 is 2.55. The van der Waals surface area contributed by atoms with Gasteiger partial charge in [-0.25, -0.2) is 0 Å². The molecule has 0 fully saturated rings. The zero-order valence-corrected chi connectivity index (χ0v) is 14.4. The molecular formula is C14H10Br2S2. The van der Waals surface area contributed by atoms with Gasteiger partial charge in [-0.2, -0.15) is 0 Å². The third kappa shape index (κ3) is 2.31. The number of halogens is 2. The Labute approximate surface area is 131 Å². The predicted octanol–water partition coefficient (Wildman–Crippen LogP) is 6.52. The van der Waals surface area contributed by atoms with E-state index in [1.54, 1.807) is 0 Å². The van der Waals surface area contributed by atoms with Gasteiger partial charge in [-0.3, -0.25) is 0 Å². The molecule has 0 saturated carbocycles. The van der Waals surface area contributed by atoms with Gasteiger partial charge in [0.15, 0.2) is 0 Å². The molecule has 0 radical (unpaired) electrons. The second kappa shape index (κ2) is 5.08. The first-order chi connectivity index (χ1) is 8.65. The zero-order valence-electron chi connectivity index (χ0n) is 9.61. The van der Waals surface area contributed by atoms with Crippen molar-refractivity contribution in [3.8, 4) is 0 Å². The molecule has 2 heterocycles. The van der Waals surface area contributed by atoms with Crippen LogP contribution in [0.2, 0.25) is 0 Å². The Morgan fingerprint density at radius 3 is 2.44 bits per heavy atom. The smallest absolute Gasteiger partial charge is 0.0831 e. The second-order valence-electron chi connectivity index (χ2n) is 4.10. The first-order valence-corrected chi connectivity index (χ1v) is 8.87. The fraction of sp³-hybridized carbons (Fsp3) is 0.143. The lowest BCUT2D eigenvalue weighted by molar-refractivity contribution is 1.29. The quantitative estimate of drug-likeness (QED) is 0.429. The van der Waals surface area contributed by atoms with Gasteiger partial charge in [0, 0.05) is 23.8 Å². The first-order valence-electron chi connectivity index (χ1n) is 5.53. The van der Waals surface area contributed by atoms with Gasteiger partial charge in [0.2, 0.25) is 0 Å². The van der Waals surface area contributed by atoms with Gasteiger partial charge in [-0.15, -0.1) is 22.7 Å². The van der Waals surface area contributed by atoms with Crippen molar-refractivity contribution < 1.29 is 0 Å². The Morgan fingerprint density at radius 2 is 1.78 bits per heavy atom. The molecule has 0 aliphatic carbocycles. The van der Waals surface area contributed by atoms with Crippen LogP contribution >= 0.6 is 54.5 Å². The summed E-state index contributed by atoms with van der Waals surface area (Å²) in [5.74, 6) is 0. The van der Waals surface area contributed by atoms with Crippen LogP contribution < -0.4 is 0 Å². The fourth-order valence-corrected chi connectivity index (χ4v) is 5.39. The van der Waals surface area contributed by atoms with Gasteiger partial charge >= 0.3 is 0 Å². The van der Waals surface area contributed by atoms with Crippen molar-refractivity contribution in [3.63, 3.8) is 0 Å². The van der Waals surface area contributed by atoms with Crippen molar-refractivity contribution in [1.29, 1.82) is 0 Å². The van der Waals surface area contributed by atoms with Gasteiger partial charge in [0.25, 0.3) is 0 Å². The maximum absolute atomic E-state index is 3.82. The van der Waals surface area contributed by atoms with E-state index in [4.69, 9.17) is 0 Å². The minimum Gasteiger partial charge on any atom is -0.143 e. The number of rotatable bonds is 2. The molecule has 0 aliphatic heterocycles. The van der Waals surface area contributed by atoms with E-state index >= 15 is 0 Å². The van der Waals surface area contributed by atoms with Crippen LogP contribution in [0.25, 0.3) is 10.1 Å². The Hall–Kier alpha value is -0.160. The first kappa shape index (κ1) is 12.9. The Kier molecular flexibility index (Phi) is 3.63. The van der Waals surface area contributed by atoms with Crippen LogP contribution in [0.4, 0.5) is 0 Å². The minimum atomic E-state index is 0.296. The summed E-state index contributed by atoms with van der Waals surface area (Å²) in [5.41, 5.74) is 0. The summed E-state index contributed by atoms with van der Waals surface area (Å²) in [5, 5.41) is 1.33. The van der Waals surface area contributed by atoms with Crippen molar-refractivity contribution in [2.24, 2.45) is 0 Å². The van der Waals surface area contributed by atoms with Crippen LogP contribution in [0.1, 0.15) is 19.5 Å². The molecule has 3 rings (SSSR count). The molecule has 0 bridgehead atoms. The van der Waals surface area contributed by atoms with E-state index in [-0.39, 0.29) is 0 Å². The van der Waals surface area contributed by atoms with E-state index in [1.807, 2.05) is 22.7 Å². The van der Waals surface area contributed by atoms with E-state index in [2.05, 4.69) is 75.2 Å². The lowest BCUT2D eigenvalue weighted by atomic mass is 10.2. The van der Waals surface area contributed by atoms with Gasteiger partial charge in [0.05, 0.1) is 4.83 Å². The SMILES string of the molecule is Cc1sc(C(Br)c2cc3ccccc3s2)cc1Br. The van der Waals surface area contributed by atoms with Crippen LogP contribution in [0.15, 0.2) is 40.9 Å². The van der Waals surface area contributed by atoms with Crippen molar-refractivity contribution in [3.05, 3.63) is 55.5 Å². The van der Waals surface area contributed by atoms with Gasteiger partial charge in [-0.1, -0.05) is 34.1 Å². The van der Waals surface area contributed by atoms with Crippen molar-refractivity contribution in [1.82, 2.24) is 0 Å². The minimum absolute atomic E-state index is 0.296. The van der Waals surface area contributed by atoms with Crippen LogP contribution in [0.3, 0.4) is 0 Å². The van der Waals surface area contributed by atoms with Crippen molar-refractivity contribution in [2.45, 2.75) is 11.8 Å². The number of hydrogen-bond donors (Lipinski definition) is 0. The number of alkyl halides is 1. The highest BCUT2D eigenvalue weighted by Gasteiger charge is 2.16. The number of benzene rings is 1. The lowest BCUT2D eigenvalue weighted by Crippen LogP contribution is -1.83. The maximum Gasteiger partial charge on any atom is 0.0831 e. The molecule has 1 atom stereocenters. The zero-order chi connectivity index (χ0) is 12.7. The number of aryl methyl sites for hydroxylation is 1. The summed E-state index contributed by atoms with van der Waals surface area (Å²) in [7, 11) is 0. The average Bonchev–Trinajstić information content (AvgIpc) is 2.93. The average molecular weight is 402 g/mol. The Morgan fingerprint density at radius 1 is 1.06 bits per heavy atom. The van der Waals surface area contributed by atoms with E-state index in [9.17, 15) is 0 Å². The standard InChI is InChI=1S/C14H10Br2S2/c1-8-10(15)7-13(17-8)14(16)12-6-9-4-2-3-5-11(9)18-12/h2-7,14H,1H3. The fourth-order valence-electron chi connectivity index (χ4n) is 1.87. The van der Waals surface area contributed by atoms with Crippen molar-refractivity contribution in [2.75, 3.05) is 0 Å². The number of thiophene rings is 2. The molecule has 0 N–H and O–H groups in total. The topological polar surface area (TPSA) is 0 Å². The van der Waals surface area contributed by atoms with Gasteiger partial charge in [0.1, 0.15) is 0 Å². The van der Waals surface area contributed by atoms with E-state index in [1.165, 1.54) is 29.2 Å². The maximum atomic E-state index is 3.82. The number of fused-ring (bicyclic) bond motifs is 1. The normalized spacial score (nSPS) is 13.1. The van der Waals surface area contributed by atoms with Crippen LogP contribution in [-0.2, 0) is 0 Å². The Bertz CT molecular complexity index is 644.